The van der Waals surface area contributed by atoms with Crippen molar-refractivity contribution in [2.75, 3.05) is 0 Å². The summed E-state index contributed by atoms with van der Waals surface area (Å²) in [6.45, 7) is 1.67. The number of hydrogen-bond acceptors (Lipinski definition) is 4. The number of rotatable bonds is 4. The highest BCUT2D eigenvalue weighted by atomic mass is 19.2. The zero-order valence-corrected chi connectivity index (χ0v) is 17.3. The second-order valence-electron chi connectivity index (χ2n) is 7.25. The second kappa shape index (κ2) is 8.93. The Balaban J connectivity index is 1.57. The minimum absolute atomic E-state index is 0.0191. The molecule has 0 aliphatic carbocycles. The van der Waals surface area contributed by atoms with E-state index in [1.54, 1.807) is 13.0 Å². The molecule has 0 radical (unpaired) electrons. The molecule has 0 saturated heterocycles. The topological polar surface area (TPSA) is 52.6 Å². The Morgan fingerprint density at radius 1 is 0.647 bits per heavy atom. The number of hydrogen-bond donors (Lipinski definition) is 0. The highest BCUT2D eigenvalue weighted by Crippen LogP contribution is 2.29. The van der Waals surface area contributed by atoms with Gasteiger partial charge >= 0.3 is 11.9 Å². The van der Waals surface area contributed by atoms with Crippen LogP contribution in [0.1, 0.15) is 26.3 Å². The van der Waals surface area contributed by atoms with Crippen molar-refractivity contribution in [2.24, 2.45) is 0 Å². The summed E-state index contributed by atoms with van der Waals surface area (Å²) in [4.78, 5) is 24.5. The van der Waals surface area contributed by atoms with Gasteiger partial charge in [-0.3, -0.25) is 0 Å². The van der Waals surface area contributed by atoms with E-state index < -0.39 is 46.6 Å². The third kappa shape index (κ3) is 4.45. The second-order valence-corrected chi connectivity index (χ2v) is 7.25. The normalized spacial score (nSPS) is 10.9. The SMILES string of the molecule is Cc1cc(OC(=O)c2ccc(F)c(F)c2F)cc2ccc(OC(=O)c3ccc(F)c(F)c3)cc12. The maximum atomic E-state index is 13.9. The smallest absolute Gasteiger partial charge is 0.346 e. The highest BCUT2D eigenvalue weighted by Gasteiger charge is 2.21. The van der Waals surface area contributed by atoms with E-state index in [9.17, 15) is 31.5 Å². The van der Waals surface area contributed by atoms with Crippen molar-refractivity contribution in [2.45, 2.75) is 6.92 Å². The third-order valence-corrected chi connectivity index (χ3v) is 4.94. The van der Waals surface area contributed by atoms with E-state index in [0.29, 0.717) is 22.4 Å². The molecule has 0 N–H and O–H groups in total. The largest absolute Gasteiger partial charge is 0.423 e. The van der Waals surface area contributed by atoms with Gasteiger partial charge in [-0.05, 0) is 77.9 Å². The number of ether oxygens (including phenoxy) is 2. The van der Waals surface area contributed by atoms with Crippen LogP contribution in [0.3, 0.4) is 0 Å². The predicted molar refractivity (Wildman–Crippen MR) is 111 cm³/mol. The van der Waals surface area contributed by atoms with Crippen LogP contribution >= 0.6 is 0 Å². The summed E-state index contributed by atoms with van der Waals surface area (Å²) in [5.74, 6) is -9.12. The van der Waals surface area contributed by atoms with E-state index in [4.69, 9.17) is 9.47 Å². The summed E-state index contributed by atoms with van der Waals surface area (Å²) < 4.78 is 77.1. The van der Waals surface area contributed by atoms with Crippen LogP contribution < -0.4 is 9.47 Å². The molecule has 0 atom stereocenters. The molecule has 4 rings (SSSR count). The van der Waals surface area contributed by atoms with Crippen molar-refractivity contribution in [1.29, 1.82) is 0 Å². The molecule has 0 bridgehead atoms. The van der Waals surface area contributed by atoms with Crippen LogP contribution in [0.25, 0.3) is 10.8 Å². The average Bonchev–Trinajstić information content (AvgIpc) is 2.79. The number of esters is 2. The average molecular weight is 472 g/mol. The van der Waals surface area contributed by atoms with Crippen molar-refractivity contribution in [3.8, 4) is 11.5 Å². The molecule has 0 aromatic heterocycles. The van der Waals surface area contributed by atoms with Gasteiger partial charge in [0.05, 0.1) is 11.1 Å². The summed E-state index contributed by atoms with van der Waals surface area (Å²) >= 11 is 0. The van der Waals surface area contributed by atoms with Gasteiger partial charge in [0, 0.05) is 0 Å². The van der Waals surface area contributed by atoms with Crippen LogP contribution in [-0.4, -0.2) is 11.9 Å². The molecule has 4 nitrogen and oxygen atoms in total. The van der Waals surface area contributed by atoms with Crippen molar-refractivity contribution in [3.05, 3.63) is 106 Å². The molecule has 0 heterocycles. The van der Waals surface area contributed by atoms with Gasteiger partial charge in [-0.1, -0.05) is 6.07 Å². The lowest BCUT2D eigenvalue weighted by Crippen LogP contribution is -2.12. The summed E-state index contributed by atoms with van der Waals surface area (Å²) in [5, 5.41) is 1.16. The third-order valence-electron chi connectivity index (χ3n) is 4.94. The molecule has 0 unspecified atom stereocenters. The molecule has 34 heavy (non-hydrogen) atoms. The fourth-order valence-electron chi connectivity index (χ4n) is 3.25. The molecule has 0 amide bonds. The van der Waals surface area contributed by atoms with E-state index in [1.807, 2.05) is 0 Å². The van der Waals surface area contributed by atoms with Crippen molar-refractivity contribution < 1.29 is 41.0 Å². The fraction of sp³-hybridized carbons (Fsp3) is 0.0400. The number of aryl methyl sites for hydroxylation is 1. The molecule has 172 valence electrons. The maximum Gasteiger partial charge on any atom is 0.346 e. The Hall–Kier alpha value is -4.27. The minimum Gasteiger partial charge on any atom is -0.423 e. The molecule has 4 aromatic rings. The lowest BCUT2D eigenvalue weighted by Gasteiger charge is -2.11. The van der Waals surface area contributed by atoms with E-state index in [2.05, 4.69) is 0 Å². The lowest BCUT2D eigenvalue weighted by molar-refractivity contribution is 0.0721. The molecule has 9 heteroatoms. The predicted octanol–water partition coefficient (Wildman–Crippen LogP) is 6.28. The highest BCUT2D eigenvalue weighted by molar-refractivity contribution is 5.94. The first-order chi connectivity index (χ1) is 16.1. The number of benzene rings is 4. The van der Waals surface area contributed by atoms with Crippen LogP contribution in [-0.2, 0) is 0 Å². The number of halogens is 5. The molecule has 0 aliphatic rings. The van der Waals surface area contributed by atoms with Crippen LogP contribution in [0.4, 0.5) is 22.0 Å². The molecular formula is C25H13F5O4. The summed E-state index contributed by atoms with van der Waals surface area (Å²) in [5.41, 5.74) is -0.365. The lowest BCUT2D eigenvalue weighted by atomic mass is 10.0. The van der Waals surface area contributed by atoms with Gasteiger partial charge in [0.1, 0.15) is 11.5 Å². The summed E-state index contributed by atoms with van der Waals surface area (Å²) in [7, 11) is 0. The van der Waals surface area contributed by atoms with Crippen LogP contribution in [0.15, 0.2) is 60.7 Å². The van der Waals surface area contributed by atoms with E-state index in [0.717, 1.165) is 24.3 Å². The van der Waals surface area contributed by atoms with Gasteiger partial charge < -0.3 is 9.47 Å². The fourth-order valence-corrected chi connectivity index (χ4v) is 3.25. The van der Waals surface area contributed by atoms with Crippen LogP contribution in [0.5, 0.6) is 11.5 Å². The molecule has 0 fully saturated rings. The molecule has 0 spiro atoms. The van der Waals surface area contributed by atoms with E-state index in [1.165, 1.54) is 24.3 Å². The summed E-state index contributed by atoms with van der Waals surface area (Å²) in [6, 6.07) is 11.4. The Morgan fingerprint density at radius 2 is 1.35 bits per heavy atom. The minimum atomic E-state index is -1.78. The van der Waals surface area contributed by atoms with E-state index in [-0.39, 0.29) is 17.1 Å². The molecular weight excluding hydrogens is 459 g/mol. The number of carbonyl (C=O) groups excluding carboxylic acids is 2. The van der Waals surface area contributed by atoms with Crippen LogP contribution in [0, 0.1) is 36.0 Å². The Kier molecular flexibility index (Phi) is 6.02. The molecule has 0 aliphatic heterocycles. The van der Waals surface area contributed by atoms with Crippen molar-refractivity contribution in [3.63, 3.8) is 0 Å². The first kappa shape index (κ1) is 22.9. The monoisotopic (exact) mass is 472 g/mol. The molecule has 4 aromatic carbocycles. The number of carbonyl (C=O) groups is 2. The Labute approximate surface area is 189 Å². The number of fused-ring (bicyclic) bond motifs is 1. The van der Waals surface area contributed by atoms with Gasteiger partial charge in [0.2, 0.25) is 0 Å². The zero-order valence-electron chi connectivity index (χ0n) is 17.3. The standard InChI is InChI=1S/C25H13F5O4/c1-12-8-16(34-25(32)17-5-7-20(27)23(30)22(17)29)9-13-2-4-15(11-18(12)13)33-24(31)14-3-6-19(26)21(28)10-14/h2-11H,1H3. The van der Waals surface area contributed by atoms with Gasteiger partial charge in [-0.2, -0.15) is 0 Å². The van der Waals surface area contributed by atoms with E-state index >= 15 is 0 Å². The summed E-state index contributed by atoms with van der Waals surface area (Å²) in [6.07, 6.45) is 0. The first-order valence-corrected chi connectivity index (χ1v) is 9.71. The van der Waals surface area contributed by atoms with Gasteiger partial charge in [0.15, 0.2) is 29.1 Å². The van der Waals surface area contributed by atoms with Gasteiger partial charge in [0.25, 0.3) is 0 Å². The maximum absolute atomic E-state index is 13.9. The quantitative estimate of drug-likeness (QED) is 0.152. The van der Waals surface area contributed by atoms with Gasteiger partial charge in [-0.25, -0.2) is 31.5 Å². The first-order valence-electron chi connectivity index (χ1n) is 9.71. The van der Waals surface area contributed by atoms with Gasteiger partial charge in [-0.15, -0.1) is 0 Å². The van der Waals surface area contributed by atoms with Crippen molar-refractivity contribution >= 4 is 22.7 Å². The van der Waals surface area contributed by atoms with Crippen molar-refractivity contribution in [1.82, 2.24) is 0 Å². The Morgan fingerprint density at radius 3 is 2.09 bits per heavy atom. The zero-order chi connectivity index (χ0) is 24.6. The van der Waals surface area contributed by atoms with Crippen LogP contribution in [0.2, 0.25) is 0 Å². The Bertz CT molecular complexity index is 1470. The molecule has 0 saturated carbocycles.